The third-order valence-corrected chi connectivity index (χ3v) is 2.42. The molecule has 1 amide bonds. The van der Waals surface area contributed by atoms with Crippen molar-refractivity contribution in [3.8, 4) is 0 Å². The van der Waals surface area contributed by atoms with Crippen LogP contribution in [0.5, 0.6) is 0 Å². The van der Waals surface area contributed by atoms with Gasteiger partial charge in [-0.25, -0.2) is 4.79 Å². The molecule has 1 aliphatic rings. The second-order valence-corrected chi connectivity index (χ2v) is 3.64. The maximum Gasteiger partial charge on any atom is 0.334 e. The van der Waals surface area contributed by atoms with Gasteiger partial charge in [0.05, 0.1) is 12.5 Å². The van der Waals surface area contributed by atoms with Crippen LogP contribution in [0.25, 0.3) is 0 Å². The summed E-state index contributed by atoms with van der Waals surface area (Å²) in [4.78, 5) is 21.7. The molecule has 6 nitrogen and oxygen atoms in total. The summed E-state index contributed by atoms with van der Waals surface area (Å²) >= 11 is 0. The van der Waals surface area contributed by atoms with E-state index in [4.69, 9.17) is 10.2 Å². The number of rotatable bonds is 4. The van der Waals surface area contributed by atoms with Crippen molar-refractivity contribution in [3.63, 3.8) is 0 Å². The Kier molecular flexibility index (Phi) is 4.51. The molecule has 6 heteroatoms. The number of aliphatic hydroxyl groups is 1. The number of aliphatic carboxylic acids is 1. The van der Waals surface area contributed by atoms with Crippen molar-refractivity contribution >= 4 is 11.9 Å². The molecule has 0 unspecified atom stereocenters. The molecule has 0 saturated carbocycles. The minimum absolute atomic E-state index is 0.111. The maximum absolute atomic E-state index is 11.5. The number of carboxylic acids is 1. The average Bonchev–Trinajstić information content (AvgIpc) is 2.26. The van der Waals surface area contributed by atoms with Crippen molar-refractivity contribution in [2.75, 3.05) is 19.6 Å². The topological polar surface area (TPSA) is 98.7 Å². The number of hydrogen-bond donors (Lipinski definition) is 4. The first-order valence-electron chi connectivity index (χ1n) is 5.00. The normalized spacial score (nSPS) is 23.1. The van der Waals surface area contributed by atoms with E-state index in [-0.39, 0.29) is 18.4 Å². The number of carbonyl (C=O) groups is 2. The van der Waals surface area contributed by atoms with E-state index in [0.29, 0.717) is 6.54 Å². The zero-order valence-corrected chi connectivity index (χ0v) is 8.40. The van der Waals surface area contributed by atoms with Crippen molar-refractivity contribution in [1.29, 1.82) is 0 Å². The molecular weight excluding hydrogens is 200 g/mol. The van der Waals surface area contributed by atoms with E-state index in [9.17, 15) is 9.59 Å². The fraction of sp³-hybridized carbons (Fsp3) is 0.778. The largest absolute Gasteiger partial charge is 0.479 e. The van der Waals surface area contributed by atoms with Crippen LogP contribution in [0, 0.1) is 5.92 Å². The summed E-state index contributed by atoms with van der Waals surface area (Å²) in [5.74, 6) is -1.63. The zero-order valence-electron chi connectivity index (χ0n) is 8.40. The van der Waals surface area contributed by atoms with Crippen LogP contribution < -0.4 is 10.6 Å². The lowest BCUT2D eigenvalue weighted by molar-refractivity contribution is -0.146. The van der Waals surface area contributed by atoms with Gasteiger partial charge in [0.2, 0.25) is 5.91 Å². The number of piperidine rings is 1. The van der Waals surface area contributed by atoms with Gasteiger partial charge >= 0.3 is 5.97 Å². The predicted octanol–water partition coefficient (Wildman–Crippen LogP) is -1.45. The molecule has 2 atom stereocenters. The summed E-state index contributed by atoms with van der Waals surface area (Å²) in [7, 11) is 0. The third kappa shape index (κ3) is 3.85. The molecule has 1 fully saturated rings. The first kappa shape index (κ1) is 11.9. The van der Waals surface area contributed by atoms with Crippen molar-refractivity contribution in [2.24, 2.45) is 5.92 Å². The Labute approximate surface area is 87.7 Å². The van der Waals surface area contributed by atoms with Gasteiger partial charge in [-0.1, -0.05) is 0 Å². The molecule has 0 aliphatic carbocycles. The highest BCUT2D eigenvalue weighted by molar-refractivity contribution is 5.80. The highest BCUT2D eigenvalue weighted by atomic mass is 16.4. The maximum atomic E-state index is 11.5. The van der Waals surface area contributed by atoms with Gasteiger partial charge in [0.15, 0.2) is 6.10 Å². The zero-order chi connectivity index (χ0) is 11.3. The van der Waals surface area contributed by atoms with Gasteiger partial charge in [-0.2, -0.15) is 0 Å². The van der Waals surface area contributed by atoms with E-state index in [1.807, 2.05) is 0 Å². The summed E-state index contributed by atoms with van der Waals surface area (Å²) in [5, 5.41) is 22.8. The standard InChI is InChI=1S/C9H16N2O4/c12-7(9(14)15)5-11-8(13)6-2-1-3-10-4-6/h6-7,10,12H,1-5H2,(H,11,13)(H,14,15)/t6-,7-/m0/s1. The quantitative estimate of drug-likeness (QED) is 0.461. The van der Waals surface area contributed by atoms with Crippen LogP contribution in [0.4, 0.5) is 0 Å². The van der Waals surface area contributed by atoms with E-state index in [1.165, 1.54) is 0 Å². The lowest BCUT2D eigenvalue weighted by Crippen LogP contribution is -2.44. The minimum Gasteiger partial charge on any atom is -0.479 e. The number of carboxylic acid groups (broad SMARTS) is 1. The van der Waals surface area contributed by atoms with Gasteiger partial charge in [-0.3, -0.25) is 4.79 Å². The van der Waals surface area contributed by atoms with Gasteiger partial charge in [0.25, 0.3) is 0 Å². The summed E-state index contributed by atoms with van der Waals surface area (Å²) in [6.07, 6.45) is 0.229. The summed E-state index contributed by atoms with van der Waals surface area (Å²) in [6.45, 7) is 1.31. The summed E-state index contributed by atoms with van der Waals surface area (Å²) < 4.78 is 0. The van der Waals surface area contributed by atoms with Gasteiger partial charge < -0.3 is 20.8 Å². The molecule has 0 bridgehead atoms. The van der Waals surface area contributed by atoms with E-state index < -0.39 is 12.1 Å². The number of amides is 1. The van der Waals surface area contributed by atoms with Crippen molar-refractivity contribution in [1.82, 2.24) is 10.6 Å². The Hall–Kier alpha value is -1.14. The van der Waals surface area contributed by atoms with Crippen LogP contribution in [0.3, 0.4) is 0 Å². The lowest BCUT2D eigenvalue weighted by Gasteiger charge is -2.22. The first-order valence-corrected chi connectivity index (χ1v) is 5.00. The Morgan fingerprint density at radius 2 is 2.27 bits per heavy atom. The highest BCUT2D eigenvalue weighted by Crippen LogP contribution is 2.09. The van der Waals surface area contributed by atoms with Crippen LogP contribution in [-0.2, 0) is 9.59 Å². The van der Waals surface area contributed by atoms with E-state index in [0.717, 1.165) is 19.4 Å². The molecule has 0 radical (unpaired) electrons. The van der Waals surface area contributed by atoms with Crippen LogP contribution >= 0.6 is 0 Å². The molecule has 15 heavy (non-hydrogen) atoms. The summed E-state index contributed by atoms with van der Waals surface area (Å²) in [6, 6.07) is 0. The molecular formula is C9H16N2O4. The molecule has 1 heterocycles. The van der Waals surface area contributed by atoms with Gasteiger partial charge in [0, 0.05) is 6.54 Å². The number of aliphatic hydroxyl groups excluding tert-OH is 1. The van der Waals surface area contributed by atoms with Crippen LogP contribution in [-0.4, -0.2) is 47.8 Å². The monoisotopic (exact) mass is 216 g/mol. The van der Waals surface area contributed by atoms with Crippen LogP contribution in [0.1, 0.15) is 12.8 Å². The third-order valence-electron chi connectivity index (χ3n) is 2.42. The van der Waals surface area contributed by atoms with E-state index >= 15 is 0 Å². The average molecular weight is 216 g/mol. The smallest absolute Gasteiger partial charge is 0.334 e. The molecule has 1 rings (SSSR count). The fourth-order valence-electron chi connectivity index (χ4n) is 1.50. The fourth-order valence-corrected chi connectivity index (χ4v) is 1.50. The summed E-state index contributed by atoms with van der Waals surface area (Å²) in [5.41, 5.74) is 0. The lowest BCUT2D eigenvalue weighted by atomic mass is 9.99. The van der Waals surface area contributed by atoms with Crippen LogP contribution in [0.15, 0.2) is 0 Å². The van der Waals surface area contributed by atoms with Gasteiger partial charge in [-0.05, 0) is 19.4 Å². The van der Waals surface area contributed by atoms with Crippen molar-refractivity contribution < 1.29 is 19.8 Å². The molecule has 1 saturated heterocycles. The first-order chi connectivity index (χ1) is 7.11. The molecule has 0 aromatic carbocycles. The molecule has 86 valence electrons. The SMILES string of the molecule is O=C(NC[C@H](O)C(=O)O)[C@H]1CCCNC1. The van der Waals surface area contributed by atoms with Gasteiger partial charge in [0.1, 0.15) is 0 Å². The molecule has 0 aromatic heterocycles. The predicted molar refractivity (Wildman–Crippen MR) is 52.2 cm³/mol. The molecule has 4 N–H and O–H groups in total. The molecule has 0 spiro atoms. The van der Waals surface area contributed by atoms with Gasteiger partial charge in [-0.15, -0.1) is 0 Å². The highest BCUT2D eigenvalue weighted by Gasteiger charge is 2.22. The second kappa shape index (κ2) is 5.67. The van der Waals surface area contributed by atoms with Crippen molar-refractivity contribution in [3.05, 3.63) is 0 Å². The van der Waals surface area contributed by atoms with E-state index in [2.05, 4.69) is 10.6 Å². The number of hydrogen-bond acceptors (Lipinski definition) is 4. The Balaban J connectivity index is 2.25. The Bertz CT molecular complexity index is 238. The Morgan fingerprint density at radius 1 is 1.53 bits per heavy atom. The molecule has 1 aliphatic heterocycles. The Morgan fingerprint density at radius 3 is 2.80 bits per heavy atom. The van der Waals surface area contributed by atoms with E-state index in [1.54, 1.807) is 0 Å². The van der Waals surface area contributed by atoms with Crippen molar-refractivity contribution in [2.45, 2.75) is 18.9 Å². The number of nitrogens with one attached hydrogen (secondary N) is 2. The molecule has 0 aromatic rings. The van der Waals surface area contributed by atoms with Crippen LogP contribution in [0.2, 0.25) is 0 Å². The minimum atomic E-state index is -1.52. The second-order valence-electron chi connectivity index (χ2n) is 3.64. The number of carbonyl (C=O) groups excluding carboxylic acids is 1.